The Kier molecular flexibility index (Phi) is 11.8. The van der Waals surface area contributed by atoms with Gasteiger partial charge >= 0.3 is 0 Å². The van der Waals surface area contributed by atoms with E-state index in [1.807, 2.05) is 20.9 Å². The predicted molar refractivity (Wildman–Crippen MR) is 184 cm³/mol. The van der Waals surface area contributed by atoms with Gasteiger partial charge in [0.05, 0.1) is 11.9 Å². The van der Waals surface area contributed by atoms with Gasteiger partial charge < -0.3 is 25.8 Å². The average Bonchev–Trinajstić information content (AvgIpc) is 3.81. The van der Waals surface area contributed by atoms with Crippen LogP contribution in [-0.2, 0) is 9.59 Å². The van der Waals surface area contributed by atoms with Gasteiger partial charge in [-0.1, -0.05) is 37.2 Å². The topological polar surface area (TPSA) is 154 Å². The fourth-order valence-corrected chi connectivity index (χ4v) is 6.98. The van der Waals surface area contributed by atoms with Crippen molar-refractivity contribution >= 4 is 40.8 Å². The molecule has 264 valence electrons. The average molecular weight is 696 g/mol. The number of carbonyl (C=O) groups excluding carboxylic acids is 4. The van der Waals surface area contributed by atoms with E-state index in [-0.39, 0.29) is 28.4 Å². The Labute approximate surface area is 290 Å². The molecule has 1 aliphatic carbocycles. The summed E-state index contributed by atoms with van der Waals surface area (Å²) in [6.45, 7) is 10.2. The Morgan fingerprint density at radius 1 is 0.959 bits per heavy atom. The molecule has 5 rings (SSSR count). The highest BCUT2D eigenvalue weighted by atomic mass is 32.1. The second-order valence-corrected chi connectivity index (χ2v) is 14.4. The van der Waals surface area contributed by atoms with Crippen LogP contribution in [0.2, 0.25) is 0 Å². The van der Waals surface area contributed by atoms with Crippen molar-refractivity contribution in [1.29, 1.82) is 0 Å². The van der Waals surface area contributed by atoms with E-state index in [4.69, 9.17) is 0 Å². The summed E-state index contributed by atoms with van der Waals surface area (Å²) in [5.74, 6) is -2.56. The Balaban J connectivity index is 1.34. The number of nitrogens with one attached hydrogen (secondary N) is 3. The highest BCUT2D eigenvalue weighted by Gasteiger charge is 2.36. The number of carbonyl (C=O) groups is 4. The monoisotopic (exact) mass is 695 g/mol. The van der Waals surface area contributed by atoms with Gasteiger partial charge in [-0.15, -0.1) is 5.10 Å². The first kappa shape index (κ1) is 36.1. The van der Waals surface area contributed by atoms with Gasteiger partial charge in [0.1, 0.15) is 28.5 Å². The fourth-order valence-electron chi connectivity index (χ4n) is 6.56. The summed E-state index contributed by atoms with van der Waals surface area (Å²) in [5.41, 5.74) is 0.776. The van der Waals surface area contributed by atoms with Crippen molar-refractivity contribution in [1.82, 2.24) is 39.8 Å². The third-order valence-corrected chi connectivity index (χ3v) is 10.4. The number of piperazine rings is 1. The Morgan fingerprint density at radius 2 is 1.67 bits per heavy atom. The van der Waals surface area contributed by atoms with Crippen molar-refractivity contribution in [3.8, 4) is 0 Å². The lowest BCUT2D eigenvalue weighted by Gasteiger charge is -2.36. The van der Waals surface area contributed by atoms with E-state index in [0.717, 1.165) is 37.2 Å². The number of benzene rings is 1. The molecule has 0 radical (unpaired) electrons. The van der Waals surface area contributed by atoms with Gasteiger partial charge in [-0.05, 0) is 80.9 Å². The summed E-state index contributed by atoms with van der Waals surface area (Å²) in [7, 11) is 1.98. The minimum Gasteiger partial charge on any atom is -0.339 e. The normalized spacial score (nSPS) is 20.3. The zero-order valence-corrected chi connectivity index (χ0v) is 29.5. The van der Waals surface area contributed by atoms with Gasteiger partial charge in [-0.3, -0.25) is 23.9 Å². The molecule has 3 atom stereocenters. The van der Waals surface area contributed by atoms with Crippen molar-refractivity contribution in [3.05, 3.63) is 58.6 Å². The van der Waals surface area contributed by atoms with Crippen LogP contribution in [0, 0.1) is 17.7 Å². The third-order valence-electron chi connectivity index (χ3n) is 9.72. The number of rotatable bonds is 11. The fraction of sp³-hybridized carbons (Fsp3) is 0.559. The number of nitrogens with zero attached hydrogens (tertiary/aromatic N) is 6. The molecule has 15 heteroatoms. The van der Waals surface area contributed by atoms with Crippen LogP contribution < -0.4 is 16.0 Å². The Morgan fingerprint density at radius 3 is 2.31 bits per heavy atom. The minimum atomic E-state index is -0.981. The molecule has 13 nitrogen and oxygen atoms in total. The summed E-state index contributed by atoms with van der Waals surface area (Å²) >= 11 is 0.920. The number of hydrogen-bond donors (Lipinski definition) is 3. The standard InChI is InChI=1S/C34H46FN9O4S/c1-20(2)44-27(12-13-37-44)31(45)40-30(23-8-6-21(3)7-9-23)33(47)38-26-11-10-24(18-25(26)35)22(4)29(39-32(46)28-19-36-41-49-28)34(48)43-16-14-42(5)15-17-43/h10-13,18-23,29-30H,6-9,14-17H2,1-5H3,(H,38,47)(H,39,46)(H,40,45)/t21?,22-,23?,29+,30-/m0/s1. The van der Waals surface area contributed by atoms with Gasteiger partial charge in [0.2, 0.25) is 11.8 Å². The second kappa shape index (κ2) is 16.0. The van der Waals surface area contributed by atoms with E-state index in [1.54, 1.807) is 34.8 Å². The lowest BCUT2D eigenvalue weighted by Crippen LogP contribution is -2.55. The van der Waals surface area contributed by atoms with Crippen LogP contribution in [0.4, 0.5) is 10.1 Å². The first-order valence-corrected chi connectivity index (χ1v) is 17.7. The SMILES string of the molecule is CC1CCC([C@H](NC(=O)c2ccnn2C(C)C)C(=O)Nc2ccc([C@H](C)[C@@H](NC(=O)c3cnns3)C(=O)N3CCN(C)CC3)cc2F)CC1. The summed E-state index contributed by atoms with van der Waals surface area (Å²) < 4.78 is 21.1. The molecular formula is C34H46FN9O4S. The van der Waals surface area contributed by atoms with Crippen LogP contribution in [0.1, 0.15) is 91.1 Å². The molecule has 2 fully saturated rings. The molecule has 2 aliphatic rings. The Hall–Kier alpha value is -4.24. The molecule has 0 bridgehead atoms. The molecule has 2 aromatic heterocycles. The maximum absolute atomic E-state index is 15.8. The number of amides is 4. The summed E-state index contributed by atoms with van der Waals surface area (Å²) in [4.78, 5) is 58.1. The van der Waals surface area contributed by atoms with Crippen molar-refractivity contribution in [2.75, 3.05) is 38.5 Å². The molecule has 1 aliphatic heterocycles. The number of halogens is 1. The lowest BCUT2D eigenvalue weighted by molar-refractivity contribution is -0.135. The largest absolute Gasteiger partial charge is 0.339 e. The highest BCUT2D eigenvalue weighted by Crippen LogP contribution is 2.32. The molecule has 4 amide bonds. The minimum absolute atomic E-state index is 0.0432. The predicted octanol–water partition coefficient (Wildman–Crippen LogP) is 3.69. The zero-order chi connectivity index (χ0) is 35.2. The molecular weight excluding hydrogens is 649 g/mol. The lowest BCUT2D eigenvalue weighted by atomic mass is 9.79. The molecule has 1 saturated heterocycles. The quantitative estimate of drug-likeness (QED) is 0.275. The molecule has 3 aromatic rings. The number of likely N-dealkylation sites (N-methyl/N-ethyl adjacent to an activating group) is 1. The molecule has 3 heterocycles. The van der Waals surface area contributed by atoms with Crippen LogP contribution in [0.5, 0.6) is 0 Å². The molecule has 1 saturated carbocycles. The first-order chi connectivity index (χ1) is 23.4. The van der Waals surface area contributed by atoms with Crippen LogP contribution in [0.25, 0.3) is 0 Å². The van der Waals surface area contributed by atoms with E-state index in [9.17, 15) is 19.2 Å². The second-order valence-electron chi connectivity index (χ2n) is 13.6. The summed E-state index contributed by atoms with van der Waals surface area (Å²) in [6, 6.07) is 4.09. The maximum Gasteiger partial charge on any atom is 0.270 e. The molecule has 3 N–H and O–H groups in total. The van der Waals surface area contributed by atoms with Crippen LogP contribution in [0.15, 0.2) is 36.7 Å². The first-order valence-electron chi connectivity index (χ1n) is 16.9. The number of hydrogen-bond acceptors (Lipinski definition) is 9. The smallest absolute Gasteiger partial charge is 0.270 e. The van der Waals surface area contributed by atoms with Crippen molar-refractivity contribution in [2.24, 2.45) is 11.8 Å². The van der Waals surface area contributed by atoms with Crippen molar-refractivity contribution < 1.29 is 23.6 Å². The van der Waals surface area contributed by atoms with Crippen molar-refractivity contribution in [2.45, 2.75) is 77.4 Å². The summed E-state index contributed by atoms with van der Waals surface area (Å²) in [5, 5.41) is 16.5. The molecule has 0 spiro atoms. The van der Waals surface area contributed by atoms with Crippen LogP contribution >= 0.6 is 11.5 Å². The van der Waals surface area contributed by atoms with Crippen molar-refractivity contribution in [3.63, 3.8) is 0 Å². The van der Waals surface area contributed by atoms with E-state index in [1.165, 1.54) is 18.3 Å². The highest BCUT2D eigenvalue weighted by molar-refractivity contribution is 7.07. The van der Waals surface area contributed by atoms with Gasteiger partial charge in [-0.25, -0.2) is 4.39 Å². The zero-order valence-electron chi connectivity index (χ0n) is 28.7. The van der Waals surface area contributed by atoms with Gasteiger partial charge in [-0.2, -0.15) is 5.10 Å². The van der Waals surface area contributed by atoms with Crippen LogP contribution in [0.3, 0.4) is 0 Å². The van der Waals surface area contributed by atoms with E-state index >= 15 is 4.39 Å². The maximum atomic E-state index is 15.8. The van der Waals surface area contributed by atoms with Gasteiger partial charge in [0.25, 0.3) is 11.8 Å². The van der Waals surface area contributed by atoms with Gasteiger partial charge in [0, 0.05) is 44.3 Å². The van der Waals surface area contributed by atoms with E-state index < -0.39 is 41.5 Å². The molecule has 1 aromatic carbocycles. The van der Waals surface area contributed by atoms with Gasteiger partial charge in [0.15, 0.2) is 0 Å². The Bertz CT molecular complexity index is 1610. The molecule has 0 unspecified atom stereocenters. The number of anilines is 1. The van der Waals surface area contributed by atoms with E-state index in [2.05, 4.69) is 42.5 Å². The van der Waals surface area contributed by atoms with Crippen LogP contribution in [-0.4, -0.2) is 98.1 Å². The number of aromatic nitrogens is 4. The summed E-state index contributed by atoms with van der Waals surface area (Å²) in [6.07, 6.45) is 6.26. The molecule has 49 heavy (non-hydrogen) atoms. The van der Waals surface area contributed by atoms with E-state index in [0.29, 0.717) is 43.4 Å². The third kappa shape index (κ3) is 8.68.